The van der Waals surface area contributed by atoms with E-state index in [1.54, 1.807) is 12.1 Å². The Hall–Kier alpha value is -4.64. The fourth-order valence-corrected chi connectivity index (χ4v) is 6.25. The lowest BCUT2D eigenvalue weighted by Crippen LogP contribution is -2.59. The number of rotatable bonds is 3. The number of ketones is 2. The van der Waals surface area contributed by atoms with Gasteiger partial charge in [0.25, 0.3) is 5.91 Å². The van der Waals surface area contributed by atoms with Crippen LogP contribution in [0.2, 0.25) is 0 Å². The summed E-state index contributed by atoms with van der Waals surface area (Å²) in [5.41, 5.74) is 9.25. The van der Waals surface area contributed by atoms with Crippen LogP contribution in [0.4, 0.5) is 5.69 Å². The molecule has 0 bridgehead atoms. The molecule has 3 aliphatic carbocycles. The third-order valence-corrected chi connectivity index (χ3v) is 8.11. The van der Waals surface area contributed by atoms with Crippen LogP contribution in [-0.2, 0) is 20.7 Å². The van der Waals surface area contributed by atoms with Gasteiger partial charge in [0.15, 0.2) is 11.4 Å². The van der Waals surface area contributed by atoms with Crippen LogP contribution in [0, 0.1) is 17.8 Å². The number of ether oxygens (including phenoxy) is 1. The molecule has 0 fully saturated rings. The van der Waals surface area contributed by atoms with E-state index in [2.05, 4.69) is 0 Å². The molecule has 0 unspecified atom stereocenters. The van der Waals surface area contributed by atoms with E-state index in [1.807, 2.05) is 0 Å². The molecule has 2 aromatic carbocycles. The number of carbonyl (C=O) groups is 4. The van der Waals surface area contributed by atoms with E-state index in [-0.39, 0.29) is 41.0 Å². The van der Waals surface area contributed by atoms with Crippen LogP contribution in [0.3, 0.4) is 0 Å². The van der Waals surface area contributed by atoms with E-state index < -0.39 is 63.9 Å². The quantitative estimate of drug-likeness (QED) is 0.191. The van der Waals surface area contributed by atoms with Crippen molar-refractivity contribution in [2.45, 2.75) is 25.4 Å². The Morgan fingerprint density at radius 2 is 1.79 bits per heavy atom. The molecule has 0 aromatic heterocycles. The van der Waals surface area contributed by atoms with Gasteiger partial charge in [-0.3, -0.25) is 14.4 Å². The van der Waals surface area contributed by atoms with Gasteiger partial charge in [0.05, 0.1) is 18.2 Å². The maximum absolute atomic E-state index is 13.8. The van der Waals surface area contributed by atoms with Crippen LogP contribution < -0.4 is 11.5 Å². The number of fused-ring (bicyclic) bond motifs is 3. The number of carbonyl (C=O) groups excluding carboxylic acids is 4. The second kappa shape index (κ2) is 8.70. The number of aliphatic hydroxyl groups excluding tert-OH is 2. The monoisotopic (exact) mass is 534 g/mol. The van der Waals surface area contributed by atoms with E-state index in [1.165, 1.54) is 32.2 Å². The number of allylic oxidation sites excluding steroid dienone is 2. The first-order valence-electron chi connectivity index (χ1n) is 12.1. The van der Waals surface area contributed by atoms with Gasteiger partial charge >= 0.3 is 5.97 Å². The van der Waals surface area contributed by atoms with Crippen LogP contribution >= 0.6 is 0 Å². The van der Waals surface area contributed by atoms with Crippen molar-refractivity contribution >= 4 is 29.1 Å². The number of anilines is 1. The predicted octanol–water partition coefficient (Wildman–Crippen LogP) is 1.86. The molecule has 0 aliphatic heterocycles. The van der Waals surface area contributed by atoms with Crippen molar-refractivity contribution in [2.75, 3.05) is 12.8 Å². The highest BCUT2D eigenvalue weighted by atomic mass is 16.5. The Kier molecular flexibility index (Phi) is 5.80. The summed E-state index contributed by atoms with van der Waals surface area (Å²) < 4.78 is 4.80. The topological polar surface area (TPSA) is 210 Å². The lowest BCUT2D eigenvalue weighted by molar-refractivity contribution is -0.147. The third-order valence-electron chi connectivity index (χ3n) is 8.11. The first-order valence-corrected chi connectivity index (χ1v) is 12.1. The molecular weight excluding hydrogens is 508 g/mol. The van der Waals surface area contributed by atoms with Crippen molar-refractivity contribution in [1.29, 1.82) is 0 Å². The molecule has 11 heteroatoms. The number of esters is 1. The molecule has 1 amide bonds. The largest absolute Gasteiger partial charge is 0.511 e. The molecule has 0 saturated heterocycles. The van der Waals surface area contributed by atoms with Crippen molar-refractivity contribution in [1.82, 2.24) is 0 Å². The van der Waals surface area contributed by atoms with Crippen molar-refractivity contribution in [2.24, 2.45) is 23.5 Å². The second-order valence-electron chi connectivity index (χ2n) is 10.2. The highest BCUT2D eigenvalue weighted by Crippen LogP contribution is 2.54. The maximum atomic E-state index is 13.8. The molecule has 11 nitrogen and oxygen atoms in total. The zero-order chi connectivity index (χ0) is 28.5. The Morgan fingerprint density at radius 3 is 2.44 bits per heavy atom. The van der Waals surface area contributed by atoms with Gasteiger partial charge in [0, 0.05) is 23.1 Å². The highest BCUT2D eigenvalue weighted by Gasteiger charge is 2.61. The number of aliphatic hydroxyl groups is 3. The highest BCUT2D eigenvalue weighted by molar-refractivity contribution is 6.24. The van der Waals surface area contributed by atoms with E-state index in [0.29, 0.717) is 16.7 Å². The van der Waals surface area contributed by atoms with Gasteiger partial charge in [-0.2, -0.15) is 0 Å². The summed E-state index contributed by atoms with van der Waals surface area (Å²) in [6.45, 7) is 1.48. The average molecular weight is 535 g/mol. The lowest BCUT2D eigenvalue weighted by Gasteiger charge is -2.48. The van der Waals surface area contributed by atoms with Crippen LogP contribution in [0.1, 0.15) is 39.6 Å². The number of methoxy groups -OCH3 is 1. The molecule has 202 valence electrons. The summed E-state index contributed by atoms with van der Waals surface area (Å²) in [5.74, 6) is -8.62. The number of phenolic OH excluding ortho intramolecular Hbond substituents is 1. The maximum Gasteiger partial charge on any atom is 0.337 e. The first-order chi connectivity index (χ1) is 18.3. The van der Waals surface area contributed by atoms with Gasteiger partial charge in [-0.1, -0.05) is 13.0 Å². The summed E-state index contributed by atoms with van der Waals surface area (Å²) in [5, 5.41) is 44.0. The van der Waals surface area contributed by atoms with Crippen molar-refractivity contribution < 1.29 is 44.3 Å². The second-order valence-corrected chi connectivity index (χ2v) is 10.2. The SMILES string of the molecule is COC(=O)c1cc(N)cc(-c2ccc(O)c3c2C[C@H]2C[C@H]4[C@H](C)C(O)=C(C(N)=O)C(=O)[C@@]4(O)C(O)=C2C3=O)c1. The standard InChI is InChI=1S/C28H26N2O9/c1-10-17-9-12-8-16-15(11-5-13(27(37)39-2)7-14(29)6-11)3-4-18(31)20(16)23(33)19(12)24(34)28(17,38)25(35)21(22(10)32)26(30)36/h3-7,10,12,17,31-32,34,38H,8-9,29H2,1-2H3,(H2,30,36)/t10-,12-,17-,28-/m0/s1. The number of nitrogen functional groups attached to an aromatic ring is 1. The summed E-state index contributed by atoms with van der Waals surface area (Å²) in [4.78, 5) is 51.1. The van der Waals surface area contributed by atoms with Crippen molar-refractivity contribution in [3.8, 4) is 16.9 Å². The van der Waals surface area contributed by atoms with Crippen LogP contribution in [0.5, 0.6) is 5.75 Å². The molecule has 8 N–H and O–H groups in total. The van der Waals surface area contributed by atoms with Crippen LogP contribution in [0.25, 0.3) is 11.1 Å². The van der Waals surface area contributed by atoms with E-state index in [9.17, 15) is 39.6 Å². The van der Waals surface area contributed by atoms with E-state index >= 15 is 0 Å². The van der Waals surface area contributed by atoms with Crippen LogP contribution in [0.15, 0.2) is 53.0 Å². The van der Waals surface area contributed by atoms with Crippen molar-refractivity contribution in [3.05, 3.63) is 69.7 Å². The minimum Gasteiger partial charge on any atom is -0.511 e. The Morgan fingerprint density at radius 1 is 1.10 bits per heavy atom. The minimum absolute atomic E-state index is 0.0104. The van der Waals surface area contributed by atoms with Gasteiger partial charge in [-0.05, 0) is 59.7 Å². The van der Waals surface area contributed by atoms with Crippen molar-refractivity contribution in [3.63, 3.8) is 0 Å². The number of hydrogen-bond acceptors (Lipinski definition) is 10. The van der Waals surface area contributed by atoms with Gasteiger partial charge in [-0.25, -0.2) is 4.79 Å². The predicted molar refractivity (Wildman–Crippen MR) is 137 cm³/mol. The molecule has 0 saturated carbocycles. The minimum atomic E-state index is -2.66. The summed E-state index contributed by atoms with van der Waals surface area (Å²) >= 11 is 0. The molecule has 3 aliphatic rings. The number of nitrogens with two attached hydrogens (primary N) is 2. The van der Waals surface area contributed by atoms with Gasteiger partial charge < -0.3 is 36.6 Å². The van der Waals surface area contributed by atoms with Crippen LogP contribution in [-0.4, -0.2) is 56.6 Å². The molecule has 5 rings (SSSR count). The Bertz CT molecular complexity index is 1570. The molecular formula is C28H26N2O9. The van der Waals surface area contributed by atoms with E-state index in [4.69, 9.17) is 16.2 Å². The molecule has 0 radical (unpaired) electrons. The molecule has 4 atom stereocenters. The van der Waals surface area contributed by atoms with E-state index in [0.717, 1.165) is 0 Å². The first kappa shape index (κ1) is 26.0. The fourth-order valence-electron chi connectivity index (χ4n) is 6.25. The normalized spacial score (nSPS) is 26.1. The zero-order valence-corrected chi connectivity index (χ0v) is 21.0. The fraction of sp³-hybridized carbons (Fsp3) is 0.286. The number of hydrogen-bond donors (Lipinski definition) is 6. The summed E-state index contributed by atoms with van der Waals surface area (Å²) in [7, 11) is 1.23. The summed E-state index contributed by atoms with van der Waals surface area (Å²) in [6.07, 6.45) is 0.0940. The van der Waals surface area contributed by atoms with Gasteiger partial charge in [0.1, 0.15) is 22.8 Å². The lowest BCUT2D eigenvalue weighted by atomic mass is 9.57. The number of amides is 1. The summed E-state index contributed by atoms with van der Waals surface area (Å²) in [6, 6.07) is 7.44. The third kappa shape index (κ3) is 3.53. The molecule has 2 aromatic rings. The Balaban J connectivity index is 1.70. The number of benzene rings is 2. The Labute approximate surface area is 222 Å². The number of phenols is 1. The number of Topliss-reactive ketones (excluding diaryl/α,β-unsaturated/α-hetero) is 2. The number of aromatic hydroxyl groups is 1. The molecule has 0 spiro atoms. The zero-order valence-electron chi connectivity index (χ0n) is 21.0. The van der Waals surface area contributed by atoms with Gasteiger partial charge in [-0.15, -0.1) is 0 Å². The average Bonchev–Trinajstić information content (AvgIpc) is 2.88. The number of primary amides is 1. The molecule has 39 heavy (non-hydrogen) atoms. The van der Waals surface area contributed by atoms with Gasteiger partial charge in [0.2, 0.25) is 5.78 Å². The smallest absolute Gasteiger partial charge is 0.337 e. The molecule has 0 heterocycles.